The Morgan fingerprint density at radius 3 is 2.70 bits per heavy atom. The van der Waals surface area contributed by atoms with Gasteiger partial charge in [-0.2, -0.15) is 0 Å². The van der Waals surface area contributed by atoms with Crippen LogP contribution in [0.15, 0.2) is 0 Å². The van der Waals surface area contributed by atoms with Gasteiger partial charge < -0.3 is 9.47 Å². The minimum atomic E-state index is -0.698. The Morgan fingerprint density at radius 2 is 2.20 bits per heavy atom. The van der Waals surface area contributed by atoms with Crippen LogP contribution >= 0.6 is 0 Å². The fourth-order valence-electron chi connectivity index (χ4n) is 0.549. The van der Waals surface area contributed by atoms with E-state index < -0.39 is 6.16 Å². The molecule has 0 saturated heterocycles. The van der Waals surface area contributed by atoms with Crippen molar-refractivity contribution in [1.29, 1.82) is 0 Å². The SMILES string of the molecule is [CH2]OC(=O)OCCCCC. The fourth-order valence-corrected chi connectivity index (χ4v) is 0.549. The third-order valence-electron chi connectivity index (χ3n) is 1.09. The Morgan fingerprint density at radius 1 is 1.50 bits per heavy atom. The van der Waals surface area contributed by atoms with E-state index in [9.17, 15) is 4.79 Å². The number of carbonyl (C=O) groups is 1. The third-order valence-corrected chi connectivity index (χ3v) is 1.09. The summed E-state index contributed by atoms with van der Waals surface area (Å²) < 4.78 is 8.59. The molecule has 3 heteroatoms. The molecule has 0 aromatic carbocycles. The number of carbonyl (C=O) groups excluding carboxylic acids is 1. The molecule has 0 aliphatic rings. The predicted octanol–water partition coefficient (Wildman–Crippen LogP) is 2.12. The highest BCUT2D eigenvalue weighted by molar-refractivity contribution is 5.59. The zero-order valence-corrected chi connectivity index (χ0v) is 6.26. The van der Waals surface area contributed by atoms with Crippen molar-refractivity contribution in [1.82, 2.24) is 0 Å². The zero-order chi connectivity index (χ0) is 7.82. The molecular weight excluding hydrogens is 132 g/mol. The summed E-state index contributed by atoms with van der Waals surface area (Å²) in [6, 6.07) is 0. The van der Waals surface area contributed by atoms with Crippen molar-refractivity contribution in [2.24, 2.45) is 0 Å². The fraction of sp³-hybridized carbons (Fsp3) is 0.714. The maximum absolute atomic E-state index is 10.3. The van der Waals surface area contributed by atoms with Gasteiger partial charge in [0.2, 0.25) is 0 Å². The van der Waals surface area contributed by atoms with Gasteiger partial charge in [0.05, 0.1) is 6.61 Å². The lowest BCUT2D eigenvalue weighted by Gasteiger charge is -2.00. The molecule has 0 N–H and O–H groups in total. The zero-order valence-electron chi connectivity index (χ0n) is 6.26. The van der Waals surface area contributed by atoms with Gasteiger partial charge in [-0.3, -0.25) is 0 Å². The first-order valence-corrected chi connectivity index (χ1v) is 3.40. The summed E-state index contributed by atoms with van der Waals surface area (Å²) >= 11 is 0. The Kier molecular flexibility index (Phi) is 5.92. The van der Waals surface area contributed by atoms with Crippen molar-refractivity contribution in [2.45, 2.75) is 26.2 Å². The molecule has 0 aromatic heterocycles. The van der Waals surface area contributed by atoms with Crippen LogP contribution in [0.3, 0.4) is 0 Å². The van der Waals surface area contributed by atoms with Gasteiger partial charge in [0, 0.05) is 0 Å². The van der Waals surface area contributed by atoms with Gasteiger partial charge >= 0.3 is 6.16 Å². The molecule has 0 fully saturated rings. The Hall–Kier alpha value is -0.730. The standard InChI is InChI=1S/C7H13O3/c1-3-4-5-6-10-7(8)9-2/h2-6H2,1H3. The van der Waals surface area contributed by atoms with Crippen LogP contribution in [0.2, 0.25) is 0 Å². The molecule has 0 saturated carbocycles. The van der Waals surface area contributed by atoms with Gasteiger partial charge in [-0.15, -0.1) is 0 Å². The van der Waals surface area contributed by atoms with E-state index in [0.29, 0.717) is 6.61 Å². The van der Waals surface area contributed by atoms with Gasteiger partial charge in [-0.1, -0.05) is 19.8 Å². The Labute approximate surface area is 61.3 Å². The van der Waals surface area contributed by atoms with Gasteiger partial charge in [0.1, 0.15) is 7.11 Å². The Bertz CT molecular complexity index is 90.9. The second-order valence-corrected chi connectivity index (χ2v) is 1.95. The summed E-state index contributed by atoms with van der Waals surface area (Å²) in [4.78, 5) is 10.3. The quantitative estimate of drug-likeness (QED) is 0.449. The van der Waals surface area contributed by atoms with Crippen LogP contribution in [-0.2, 0) is 9.47 Å². The van der Waals surface area contributed by atoms with E-state index in [-0.39, 0.29) is 0 Å². The second-order valence-electron chi connectivity index (χ2n) is 1.95. The van der Waals surface area contributed by atoms with E-state index in [1.54, 1.807) is 0 Å². The number of hydrogen-bond acceptors (Lipinski definition) is 3. The van der Waals surface area contributed by atoms with Gasteiger partial charge in [-0.25, -0.2) is 4.79 Å². The summed E-state index contributed by atoms with van der Waals surface area (Å²) in [5, 5.41) is 0. The molecule has 0 atom stereocenters. The molecule has 59 valence electrons. The van der Waals surface area contributed by atoms with Crippen LogP contribution in [-0.4, -0.2) is 12.8 Å². The van der Waals surface area contributed by atoms with Crippen molar-refractivity contribution in [3.63, 3.8) is 0 Å². The topological polar surface area (TPSA) is 35.5 Å². The largest absolute Gasteiger partial charge is 0.508 e. The van der Waals surface area contributed by atoms with Crippen molar-refractivity contribution < 1.29 is 14.3 Å². The lowest BCUT2D eigenvalue weighted by atomic mass is 10.3. The molecular formula is C7H13O3. The van der Waals surface area contributed by atoms with Crippen molar-refractivity contribution >= 4 is 6.16 Å². The van der Waals surface area contributed by atoms with E-state index in [0.717, 1.165) is 19.3 Å². The van der Waals surface area contributed by atoms with E-state index in [2.05, 4.69) is 23.5 Å². The van der Waals surface area contributed by atoms with Crippen molar-refractivity contribution in [3.8, 4) is 0 Å². The predicted molar refractivity (Wildman–Crippen MR) is 37.3 cm³/mol. The molecule has 1 radical (unpaired) electrons. The van der Waals surface area contributed by atoms with Crippen LogP contribution in [0.5, 0.6) is 0 Å². The minimum Gasteiger partial charge on any atom is -0.434 e. The molecule has 0 spiro atoms. The first-order chi connectivity index (χ1) is 4.81. The lowest BCUT2D eigenvalue weighted by molar-refractivity contribution is 0.0815. The molecule has 3 nitrogen and oxygen atoms in total. The highest BCUT2D eigenvalue weighted by Crippen LogP contribution is 1.94. The molecule has 0 aliphatic carbocycles. The van der Waals surface area contributed by atoms with Crippen LogP contribution in [0.1, 0.15) is 26.2 Å². The summed E-state index contributed by atoms with van der Waals surface area (Å²) in [5.74, 6) is 0. The third kappa shape index (κ3) is 5.41. The molecule has 0 rings (SSSR count). The molecule has 0 unspecified atom stereocenters. The van der Waals surface area contributed by atoms with Crippen LogP contribution in [0, 0.1) is 7.11 Å². The molecule has 10 heavy (non-hydrogen) atoms. The highest BCUT2D eigenvalue weighted by atomic mass is 16.7. The number of rotatable bonds is 4. The molecule has 0 heterocycles. The second kappa shape index (κ2) is 6.39. The van der Waals surface area contributed by atoms with Gasteiger partial charge in [0.25, 0.3) is 0 Å². The summed E-state index contributed by atoms with van der Waals surface area (Å²) in [5.41, 5.74) is 0. The van der Waals surface area contributed by atoms with E-state index >= 15 is 0 Å². The van der Waals surface area contributed by atoms with Crippen LogP contribution < -0.4 is 0 Å². The smallest absolute Gasteiger partial charge is 0.434 e. The highest BCUT2D eigenvalue weighted by Gasteiger charge is 1.97. The van der Waals surface area contributed by atoms with Gasteiger partial charge in [0.15, 0.2) is 0 Å². The summed E-state index contributed by atoms with van der Waals surface area (Å²) in [7, 11) is 2.91. The monoisotopic (exact) mass is 145 g/mol. The van der Waals surface area contributed by atoms with Crippen molar-refractivity contribution in [3.05, 3.63) is 7.11 Å². The van der Waals surface area contributed by atoms with E-state index in [4.69, 9.17) is 0 Å². The summed E-state index contributed by atoms with van der Waals surface area (Å²) in [6.45, 7) is 2.52. The number of hydrogen-bond donors (Lipinski definition) is 0. The molecule has 0 amide bonds. The van der Waals surface area contributed by atoms with Gasteiger partial charge in [-0.05, 0) is 6.42 Å². The average molecular weight is 145 g/mol. The summed E-state index contributed by atoms with van der Waals surface area (Å²) in [6.07, 6.45) is 2.38. The average Bonchev–Trinajstić information content (AvgIpc) is 1.98. The minimum absolute atomic E-state index is 0.433. The number of unbranched alkanes of at least 4 members (excludes halogenated alkanes) is 2. The van der Waals surface area contributed by atoms with Crippen LogP contribution in [0.25, 0.3) is 0 Å². The van der Waals surface area contributed by atoms with E-state index in [1.165, 1.54) is 0 Å². The maximum atomic E-state index is 10.3. The first-order valence-electron chi connectivity index (χ1n) is 3.40. The maximum Gasteiger partial charge on any atom is 0.508 e. The molecule has 0 aliphatic heterocycles. The first kappa shape index (κ1) is 9.27. The number of ether oxygens (including phenoxy) is 2. The lowest BCUT2D eigenvalue weighted by Crippen LogP contribution is -2.03. The molecule has 0 bridgehead atoms. The Balaban J connectivity index is 2.96. The molecule has 0 aromatic rings. The van der Waals surface area contributed by atoms with E-state index in [1.807, 2.05) is 0 Å². The normalized spacial score (nSPS) is 9.00. The van der Waals surface area contributed by atoms with Crippen molar-refractivity contribution in [2.75, 3.05) is 6.61 Å². The van der Waals surface area contributed by atoms with Crippen LogP contribution in [0.4, 0.5) is 4.79 Å².